The standard InChI is InChI=1S/C12H16N4OS/c1-7-9(8(2)16-15-7)10(17)14-12(3,4)11-13-5-6-18-11/h5-6H,1-4H3,(H,14,17)(H,15,16). The molecule has 0 aliphatic rings. The summed E-state index contributed by atoms with van der Waals surface area (Å²) in [5.41, 5.74) is 1.61. The van der Waals surface area contributed by atoms with Crippen molar-refractivity contribution in [3.8, 4) is 0 Å². The van der Waals surface area contributed by atoms with E-state index in [-0.39, 0.29) is 5.91 Å². The number of amides is 1. The molecule has 2 heterocycles. The molecule has 0 aliphatic heterocycles. The highest BCUT2D eigenvalue weighted by Crippen LogP contribution is 2.23. The second-order valence-electron chi connectivity index (χ2n) is 4.73. The molecule has 2 aromatic heterocycles. The lowest BCUT2D eigenvalue weighted by Gasteiger charge is -2.23. The average Bonchev–Trinajstić information content (AvgIpc) is 2.88. The van der Waals surface area contributed by atoms with Gasteiger partial charge in [-0.25, -0.2) is 4.98 Å². The smallest absolute Gasteiger partial charge is 0.255 e. The SMILES string of the molecule is Cc1n[nH]c(C)c1C(=O)NC(C)(C)c1nccs1. The van der Waals surface area contributed by atoms with Crippen LogP contribution in [0.1, 0.15) is 40.6 Å². The first-order valence-corrected chi connectivity index (χ1v) is 6.54. The normalized spacial score (nSPS) is 11.6. The van der Waals surface area contributed by atoms with E-state index in [1.807, 2.05) is 33.1 Å². The highest BCUT2D eigenvalue weighted by molar-refractivity contribution is 7.09. The molecule has 0 fully saturated rings. The maximum Gasteiger partial charge on any atom is 0.255 e. The zero-order valence-corrected chi connectivity index (χ0v) is 11.7. The van der Waals surface area contributed by atoms with Crippen LogP contribution in [0.3, 0.4) is 0 Å². The lowest BCUT2D eigenvalue weighted by Crippen LogP contribution is -2.41. The summed E-state index contributed by atoms with van der Waals surface area (Å²) in [6.45, 7) is 7.53. The first-order valence-electron chi connectivity index (χ1n) is 5.66. The third-order valence-electron chi connectivity index (χ3n) is 2.75. The molecule has 0 bridgehead atoms. The molecular weight excluding hydrogens is 248 g/mol. The van der Waals surface area contributed by atoms with E-state index >= 15 is 0 Å². The average molecular weight is 264 g/mol. The molecule has 0 aliphatic carbocycles. The third kappa shape index (κ3) is 2.28. The molecule has 1 amide bonds. The minimum atomic E-state index is -0.485. The molecule has 0 saturated carbocycles. The van der Waals surface area contributed by atoms with E-state index in [9.17, 15) is 4.79 Å². The fraction of sp³-hybridized carbons (Fsp3) is 0.417. The van der Waals surface area contributed by atoms with Gasteiger partial charge in [0.2, 0.25) is 0 Å². The van der Waals surface area contributed by atoms with Gasteiger partial charge >= 0.3 is 0 Å². The second-order valence-corrected chi connectivity index (χ2v) is 5.62. The summed E-state index contributed by atoms with van der Waals surface area (Å²) in [4.78, 5) is 16.5. The van der Waals surface area contributed by atoms with Crippen molar-refractivity contribution in [2.75, 3.05) is 0 Å². The summed E-state index contributed by atoms with van der Waals surface area (Å²) in [6, 6.07) is 0. The first-order chi connectivity index (χ1) is 8.42. The third-order valence-corrected chi connectivity index (χ3v) is 3.84. The fourth-order valence-corrected chi connectivity index (χ4v) is 2.54. The van der Waals surface area contributed by atoms with E-state index in [1.54, 1.807) is 6.20 Å². The van der Waals surface area contributed by atoms with Gasteiger partial charge in [0.25, 0.3) is 5.91 Å². The number of hydrogen-bond donors (Lipinski definition) is 2. The number of carbonyl (C=O) groups excluding carboxylic acids is 1. The molecule has 0 atom stereocenters. The molecule has 96 valence electrons. The van der Waals surface area contributed by atoms with Crippen molar-refractivity contribution >= 4 is 17.2 Å². The lowest BCUT2D eigenvalue weighted by atomic mass is 10.1. The van der Waals surface area contributed by atoms with E-state index in [0.29, 0.717) is 11.3 Å². The van der Waals surface area contributed by atoms with Crippen molar-refractivity contribution < 1.29 is 4.79 Å². The van der Waals surface area contributed by atoms with Gasteiger partial charge in [0.15, 0.2) is 0 Å². The van der Waals surface area contributed by atoms with Crippen molar-refractivity contribution in [1.82, 2.24) is 20.5 Å². The van der Waals surface area contributed by atoms with E-state index < -0.39 is 5.54 Å². The Bertz CT molecular complexity index is 537. The van der Waals surface area contributed by atoms with Crippen LogP contribution >= 0.6 is 11.3 Å². The zero-order valence-electron chi connectivity index (χ0n) is 10.9. The van der Waals surface area contributed by atoms with Crippen LogP contribution in [-0.4, -0.2) is 21.1 Å². The monoisotopic (exact) mass is 264 g/mol. The summed E-state index contributed by atoms with van der Waals surface area (Å²) in [5, 5.41) is 12.6. The largest absolute Gasteiger partial charge is 0.341 e. The quantitative estimate of drug-likeness (QED) is 0.892. The van der Waals surface area contributed by atoms with Crippen LogP contribution in [0.5, 0.6) is 0 Å². The highest BCUT2D eigenvalue weighted by atomic mass is 32.1. The Kier molecular flexibility index (Phi) is 3.21. The predicted molar refractivity (Wildman–Crippen MR) is 70.7 cm³/mol. The number of aromatic amines is 1. The van der Waals surface area contributed by atoms with Crippen LogP contribution in [0, 0.1) is 13.8 Å². The molecule has 18 heavy (non-hydrogen) atoms. The van der Waals surface area contributed by atoms with Crippen molar-refractivity contribution in [2.24, 2.45) is 0 Å². The van der Waals surface area contributed by atoms with Crippen LogP contribution in [-0.2, 0) is 5.54 Å². The van der Waals surface area contributed by atoms with E-state index in [4.69, 9.17) is 0 Å². The Morgan fingerprint density at radius 1 is 1.44 bits per heavy atom. The first kappa shape index (κ1) is 12.8. The van der Waals surface area contributed by atoms with Crippen molar-refractivity contribution in [1.29, 1.82) is 0 Å². The van der Waals surface area contributed by atoms with Gasteiger partial charge in [0.05, 0.1) is 16.8 Å². The molecule has 0 saturated heterocycles. The number of carbonyl (C=O) groups is 1. The Morgan fingerprint density at radius 2 is 2.17 bits per heavy atom. The Hall–Kier alpha value is -1.69. The van der Waals surface area contributed by atoms with Gasteiger partial charge in [-0.3, -0.25) is 9.89 Å². The van der Waals surface area contributed by atoms with Gasteiger partial charge in [-0.15, -0.1) is 11.3 Å². The minimum absolute atomic E-state index is 0.126. The maximum absolute atomic E-state index is 12.3. The molecule has 0 aromatic carbocycles. The van der Waals surface area contributed by atoms with Crippen molar-refractivity contribution in [3.05, 3.63) is 33.5 Å². The second kappa shape index (κ2) is 4.53. The van der Waals surface area contributed by atoms with Gasteiger partial charge in [0, 0.05) is 17.3 Å². The maximum atomic E-state index is 12.3. The van der Waals surface area contributed by atoms with E-state index in [0.717, 1.165) is 10.7 Å². The topological polar surface area (TPSA) is 70.7 Å². The van der Waals surface area contributed by atoms with Gasteiger partial charge in [-0.1, -0.05) is 0 Å². The molecule has 0 spiro atoms. The Morgan fingerprint density at radius 3 is 2.67 bits per heavy atom. The number of nitrogens with zero attached hydrogens (tertiary/aromatic N) is 2. The van der Waals surface area contributed by atoms with Gasteiger partial charge in [-0.05, 0) is 27.7 Å². The molecule has 0 unspecified atom stereocenters. The van der Waals surface area contributed by atoms with E-state index in [1.165, 1.54) is 11.3 Å². The molecule has 2 N–H and O–H groups in total. The van der Waals surface area contributed by atoms with Gasteiger partial charge < -0.3 is 5.32 Å². The number of rotatable bonds is 3. The predicted octanol–water partition coefficient (Wildman–Crippen LogP) is 2.15. The highest BCUT2D eigenvalue weighted by Gasteiger charge is 2.27. The summed E-state index contributed by atoms with van der Waals surface area (Å²) in [7, 11) is 0. The zero-order chi connectivity index (χ0) is 13.3. The van der Waals surface area contributed by atoms with Gasteiger partial charge in [-0.2, -0.15) is 5.10 Å². The van der Waals surface area contributed by atoms with Crippen LogP contribution in [0.4, 0.5) is 0 Å². The van der Waals surface area contributed by atoms with Crippen molar-refractivity contribution in [3.63, 3.8) is 0 Å². The number of hydrogen-bond acceptors (Lipinski definition) is 4. The van der Waals surface area contributed by atoms with Gasteiger partial charge in [0.1, 0.15) is 5.01 Å². The lowest BCUT2D eigenvalue weighted by molar-refractivity contribution is 0.0911. The fourth-order valence-electron chi connectivity index (χ4n) is 1.82. The van der Waals surface area contributed by atoms with Crippen LogP contribution in [0.2, 0.25) is 0 Å². The summed E-state index contributed by atoms with van der Waals surface area (Å²) in [6.07, 6.45) is 1.74. The summed E-state index contributed by atoms with van der Waals surface area (Å²) >= 11 is 1.53. The number of thiazole rings is 1. The Balaban J connectivity index is 2.22. The molecule has 2 aromatic rings. The molecule has 2 rings (SSSR count). The van der Waals surface area contributed by atoms with Crippen LogP contribution in [0.25, 0.3) is 0 Å². The van der Waals surface area contributed by atoms with Crippen molar-refractivity contribution in [2.45, 2.75) is 33.2 Å². The molecule has 6 heteroatoms. The van der Waals surface area contributed by atoms with Crippen LogP contribution < -0.4 is 5.32 Å². The molecule has 0 radical (unpaired) electrons. The molecule has 5 nitrogen and oxygen atoms in total. The number of aromatic nitrogens is 3. The minimum Gasteiger partial charge on any atom is -0.341 e. The Labute approximate surface area is 110 Å². The van der Waals surface area contributed by atoms with E-state index in [2.05, 4.69) is 20.5 Å². The summed E-state index contributed by atoms with van der Waals surface area (Å²) < 4.78 is 0. The summed E-state index contributed by atoms with van der Waals surface area (Å²) in [5.74, 6) is -0.126. The van der Waals surface area contributed by atoms with Crippen LogP contribution in [0.15, 0.2) is 11.6 Å². The number of nitrogens with one attached hydrogen (secondary N) is 2. The number of H-pyrrole nitrogens is 1. The molecular formula is C12H16N4OS. The number of aryl methyl sites for hydroxylation is 2.